The van der Waals surface area contributed by atoms with Gasteiger partial charge in [-0.2, -0.15) is 0 Å². The Morgan fingerprint density at radius 3 is 1.65 bits per heavy atom. The predicted molar refractivity (Wildman–Crippen MR) is 90.6 cm³/mol. The minimum absolute atomic E-state index is 0.101. The SMILES string of the molecule is CNC(=O)CCN1C(=O)CSCSCC(=O)N1CCC(=O)NC. The van der Waals surface area contributed by atoms with E-state index in [4.69, 9.17) is 0 Å². The third kappa shape index (κ3) is 6.69. The maximum atomic E-state index is 12.4. The lowest BCUT2D eigenvalue weighted by Gasteiger charge is -2.34. The molecular weight excluding hydrogens is 340 g/mol. The molecule has 0 saturated carbocycles. The summed E-state index contributed by atoms with van der Waals surface area (Å²) in [6.45, 7) is 0.229. The first-order valence-corrected chi connectivity index (χ1v) is 9.47. The third-order valence-electron chi connectivity index (χ3n) is 3.14. The number of hydrogen-bond acceptors (Lipinski definition) is 6. The molecule has 1 heterocycles. The molecule has 23 heavy (non-hydrogen) atoms. The van der Waals surface area contributed by atoms with E-state index in [2.05, 4.69) is 10.6 Å². The molecule has 4 amide bonds. The fourth-order valence-corrected chi connectivity index (χ4v) is 3.68. The molecule has 1 rings (SSSR count). The van der Waals surface area contributed by atoms with Crippen molar-refractivity contribution in [3.05, 3.63) is 0 Å². The summed E-state index contributed by atoms with van der Waals surface area (Å²) in [7, 11) is 3.04. The number of nitrogens with zero attached hydrogens (tertiary/aromatic N) is 2. The molecule has 1 saturated heterocycles. The number of hydrogen-bond donors (Lipinski definition) is 2. The Hall–Kier alpha value is -1.42. The monoisotopic (exact) mass is 362 g/mol. The van der Waals surface area contributed by atoms with Crippen molar-refractivity contribution in [3.63, 3.8) is 0 Å². The smallest absolute Gasteiger partial charge is 0.251 e. The molecule has 10 heteroatoms. The molecule has 0 bridgehead atoms. The van der Waals surface area contributed by atoms with Crippen molar-refractivity contribution in [2.75, 3.05) is 43.8 Å². The molecule has 0 aromatic rings. The van der Waals surface area contributed by atoms with E-state index in [0.717, 1.165) is 0 Å². The number of carbonyl (C=O) groups is 4. The summed E-state index contributed by atoms with van der Waals surface area (Å²) in [5.74, 6) is -0.398. The maximum Gasteiger partial charge on any atom is 0.251 e. The zero-order valence-corrected chi connectivity index (χ0v) is 14.9. The van der Waals surface area contributed by atoms with Gasteiger partial charge in [0, 0.05) is 32.0 Å². The Morgan fingerprint density at radius 1 is 0.913 bits per heavy atom. The van der Waals surface area contributed by atoms with E-state index in [1.54, 1.807) is 0 Å². The average molecular weight is 362 g/mol. The van der Waals surface area contributed by atoms with Crippen LogP contribution in [0.5, 0.6) is 0 Å². The van der Waals surface area contributed by atoms with Crippen molar-refractivity contribution in [3.8, 4) is 0 Å². The second-order valence-electron chi connectivity index (χ2n) is 4.69. The molecule has 0 atom stereocenters. The Kier molecular flexibility index (Phi) is 8.85. The van der Waals surface area contributed by atoms with Gasteiger partial charge in [0.2, 0.25) is 11.8 Å². The fraction of sp³-hybridized carbons (Fsp3) is 0.692. The number of hydrazine groups is 1. The highest BCUT2D eigenvalue weighted by Crippen LogP contribution is 2.18. The lowest BCUT2D eigenvalue weighted by Crippen LogP contribution is -2.52. The molecule has 0 aliphatic carbocycles. The van der Waals surface area contributed by atoms with Crippen LogP contribution in [0.2, 0.25) is 0 Å². The highest BCUT2D eigenvalue weighted by molar-refractivity contribution is 8.16. The summed E-state index contributed by atoms with van der Waals surface area (Å²) in [5.41, 5.74) is 0. The Bertz CT molecular complexity index is 421. The molecule has 0 radical (unpaired) electrons. The zero-order valence-electron chi connectivity index (χ0n) is 13.3. The summed E-state index contributed by atoms with van der Waals surface area (Å²) < 4.78 is 0. The first kappa shape index (κ1) is 19.6. The van der Waals surface area contributed by atoms with Gasteiger partial charge in [-0.25, -0.2) is 0 Å². The van der Waals surface area contributed by atoms with Crippen LogP contribution in [0.15, 0.2) is 0 Å². The van der Waals surface area contributed by atoms with Gasteiger partial charge in [0.15, 0.2) is 0 Å². The molecule has 130 valence electrons. The molecule has 2 N–H and O–H groups in total. The van der Waals surface area contributed by atoms with Crippen molar-refractivity contribution in [2.45, 2.75) is 12.8 Å². The van der Waals surface area contributed by atoms with Crippen molar-refractivity contribution < 1.29 is 19.2 Å². The van der Waals surface area contributed by atoms with Gasteiger partial charge >= 0.3 is 0 Å². The number of nitrogens with one attached hydrogen (secondary N) is 2. The lowest BCUT2D eigenvalue weighted by atomic mass is 10.3. The Morgan fingerprint density at radius 2 is 1.30 bits per heavy atom. The molecular formula is C13H22N4O4S2. The fourth-order valence-electron chi connectivity index (χ4n) is 1.89. The van der Waals surface area contributed by atoms with E-state index < -0.39 is 0 Å². The first-order valence-electron chi connectivity index (χ1n) is 7.17. The Balaban J connectivity index is 2.87. The first-order chi connectivity index (χ1) is 11.0. The minimum atomic E-state index is -0.230. The number of thioether (sulfide) groups is 2. The van der Waals surface area contributed by atoms with Crippen molar-refractivity contribution >= 4 is 47.2 Å². The molecule has 0 aromatic carbocycles. The van der Waals surface area contributed by atoms with Crippen molar-refractivity contribution in [1.29, 1.82) is 0 Å². The summed E-state index contributed by atoms with van der Waals surface area (Å²) in [6, 6.07) is 0. The van der Waals surface area contributed by atoms with Crippen LogP contribution in [0.25, 0.3) is 0 Å². The van der Waals surface area contributed by atoms with E-state index in [0.29, 0.717) is 5.08 Å². The lowest BCUT2D eigenvalue weighted by molar-refractivity contribution is -0.161. The predicted octanol–water partition coefficient (Wildman–Crippen LogP) is -0.732. The third-order valence-corrected chi connectivity index (χ3v) is 5.38. The van der Waals surface area contributed by atoms with E-state index in [-0.39, 0.29) is 61.1 Å². The van der Waals surface area contributed by atoms with E-state index >= 15 is 0 Å². The highest BCUT2D eigenvalue weighted by Gasteiger charge is 2.27. The van der Waals surface area contributed by atoms with Crippen LogP contribution in [0.1, 0.15) is 12.8 Å². The molecule has 1 aliphatic heterocycles. The van der Waals surface area contributed by atoms with Crippen LogP contribution in [0, 0.1) is 0 Å². The molecule has 1 aliphatic rings. The summed E-state index contributed by atoms with van der Waals surface area (Å²) in [6.07, 6.45) is 0.202. The number of amides is 4. The maximum absolute atomic E-state index is 12.4. The summed E-state index contributed by atoms with van der Waals surface area (Å²) in [4.78, 5) is 47.6. The van der Waals surface area contributed by atoms with Crippen LogP contribution in [-0.4, -0.2) is 77.4 Å². The van der Waals surface area contributed by atoms with Crippen LogP contribution in [0.4, 0.5) is 0 Å². The van der Waals surface area contributed by atoms with E-state index in [9.17, 15) is 19.2 Å². The topological polar surface area (TPSA) is 98.8 Å². The molecule has 1 fully saturated rings. The normalized spacial score (nSPS) is 16.4. The average Bonchev–Trinajstić information content (AvgIpc) is 2.61. The van der Waals surface area contributed by atoms with Gasteiger partial charge in [-0.1, -0.05) is 0 Å². The van der Waals surface area contributed by atoms with Gasteiger partial charge in [-0.05, 0) is 0 Å². The van der Waals surface area contributed by atoms with Gasteiger partial charge in [0.05, 0.1) is 24.6 Å². The van der Waals surface area contributed by atoms with Gasteiger partial charge in [0.1, 0.15) is 0 Å². The quantitative estimate of drug-likeness (QED) is 0.646. The molecule has 0 spiro atoms. The van der Waals surface area contributed by atoms with E-state index in [1.165, 1.54) is 47.6 Å². The van der Waals surface area contributed by atoms with Crippen LogP contribution in [-0.2, 0) is 19.2 Å². The van der Waals surface area contributed by atoms with E-state index in [1.807, 2.05) is 0 Å². The van der Waals surface area contributed by atoms with Crippen LogP contribution < -0.4 is 10.6 Å². The zero-order chi connectivity index (χ0) is 17.2. The highest BCUT2D eigenvalue weighted by atomic mass is 32.2. The van der Waals surface area contributed by atoms with Gasteiger partial charge in [0.25, 0.3) is 11.8 Å². The van der Waals surface area contributed by atoms with Crippen molar-refractivity contribution in [1.82, 2.24) is 20.7 Å². The van der Waals surface area contributed by atoms with Gasteiger partial charge in [-0.3, -0.25) is 29.2 Å². The second kappa shape index (κ2) is 10.4. The number of carbonyl (C=O) groups excluding carboxylic acids is 4. The summed E-state index contributed by atoms with van der Waals surface area (Å²) in [5, 5.41) is 8.25. The molecule has 8 nitrogen and oxygen atoms in total. The summed E-state index contributed by atoms with van der Waals surface area (Å²) >= 11 is 2.88. The van der Waals surface area contributed by atoms with Gasteiger partial charge < -0.3 is 10.6 Å². The van der Waals surface area contributed by atoms with Crippen molar-refractivity contribution in [2.24, 2.45) is 0 Å². The van der Waals surface area contributed by atoms with Gasteiger partial charge in [-0.15, -0.1) is 23.5 Å². The minimum Gasteiger partial charge on any atom is -0.359 e. The molecule has 0 aromatic heterocycles. The Labute approximate surface area is 144 Å². The van der Waals surface area contributed by atoms with Crippen LogP contribution >= 0.6 is 23.5 Å². The second-order valence-corrected chi connectivity index (χ2v) is 7.03. The molecule has 0 unspecified atom stereocenters. The van der Waals surface area contributed by atoms with Crippen LogP contribution in [0.3, 0.4) is 0 Å². The standard InChI is InChI=1S/C13H22N4O4S2/c1-14-10(18)3-5-16-12(20)7-22-9-23-8-13(21)17(16)6-4-11(19)15-2/h3-9H2,1-2H3,(H,14,18)(H,15,19). The number of rotatable bonds is 6. The largest absolute Gasteiger partial charge is 0.359 e.